The largest absolute Gasteiger partial charge is 0.378 e. The molecule has 2 aliphatic rings. The monoisotopic (exact) mass is 324 g/mol. The molecule has 0 aromatic carbocycles. The molecule has 132 valence electrons. The average Bonchev–Trinajstić information content (AvgIpc) is 2.44. The maximum Gasteiger partial charge on any atom is 0.221 e. The van der Waals surface area contributed by atoms with Crippen molar-refractivity contribution in [2.24, 2.45) is 15.7 Å². The van der Waals surface area contributed by atoms with Crippen LogP contribution in [0, 0.1) is 0 Å². The summed E-state index contributed by atoms with van der Waals surface area (Å²) in [5.41, 5.74) is 6.25. The molecule has 0 unspecified atom stereocenters. The Morgan fingerprint density at radius 2 is 1.74 bits per heavy atom. The zero-order valence-corrected chi connectivity index (χ0v) is 15.1. The van der Waals surface area contributed by atoms with Crippen LogP contribution in [0.15, 0.2) is 9.98 Å². The van der Waals surface area contributed by atoms with E-state index < -0.39 is 0 Å². The molecule has 7 nitrogen and oxygen atoms in total. The van der Waals surface area contributed by atoms with Crippen LogP contribution in [-0.2, 0) is 4.74 Å². The fraction of sp³-hybridized carbons (Fsp3) is 0.875. The van der Waals surface area contributed by atoms with Crippen LogP contribution in [0.5, 0.6) is 0 Å². The van der Waals surface area contributed by atoms with Crippen LogP contribution in [-0.4, -0.2) is 67.3 Å². The summed E-state index contributed by atoms with van der Waals surface area (Å²) >= 11 is 0. The first-order valence-corrected chi connectivity index (χ1v) is 8.42. The Labute approximate surface area is 139 Å². The van der Waals surface area contributed by atoms with Crippen molar-refractivity contribution in [2.45, 2.75) is 57.7 Å². The van der Waals surface area contributed by atoms with E-state index in [9.17, 15) is 0 Å². The lowest BCUT2D eigenvalue weighted by atomic mass is 9.80. The van der Waals surface area contributed by atoms with E-state index >= 15 is 0 Å². The second kappa shape index (κ2) is 7.05. The van der Waals surface area contributed by atoms with Crippen molar-refractivity contribution in [2.75, 3.05) is 33.4 Å². The molecule has 0 atom stereocenters. The van der Waals surface area contributed by atoms with Crippen molar-refractivity contribution >= 4 is 11.9 Å². The minimum absolute atomic E-state index is 0.0637. The van der Waals surface area contributed by atoms with Gasteiger partial charge in [0.05, 0.1) is 19.3 Å². The highest BCUT2D eigenvalue weighted by Gasteiger charge is 2.37. The van der Waals surface area contributed by atoms with Gasteiger partial charge in [0.1, 0.15) is 0 Å². The quantitative estimate of drug-likeness (QED) is 0.483. The predicted molar refractivity (Wildman–Crippen MR) is 94.8 cm³/mol. The number of rotatable bonds is 1. The van der Waals surface area contributed by atoms with Crippen LogP contribution in [0.4, 0.5) is 0 Å². The van der Waals surface area contributed by atoms with E-state index in [0.717, 1.165) is 25.9 Å². The van der Waals surface area contributed by atoms with Gasteiger partial charge in [0.2, 0.25) is 5.96 Å². The number of nitrogens with zero attached hydrogens (tertiary/aromatic N) is 3. The third-order valence-electron chi connectivity index (χ3n) is 4.25. The minimum atomic E-state index is 0.0637. The number of hydrogen-bond donors (Lipinski definition) is 3. The molecule has 2 fully saturated rings. The third kappa shape index (κ3) is 5.35. The molecular weight excluding hydrogens is 292 g/mol. The first-order chi connectivity index (χ1) is 10.7. The second-order valence-electron chi connectivity index (χ2n) is 7.73. The van der Waals surface area contributed by atoms with E-state index in [-0.39, 0.29) is 17.1 Å². The molecule has 0 radical (unpaired) electrons. The molecule has 0 aromatic heterocycles. The fourth-order valence-electron chi connectivity index (χ4n) is 3.65. The maximum absolute atomic E-state index is 6.12. The van der Waals surface area contributed by atoms with E-state index in [1.54, 1.807) is 0 Å². The van der Waals surface area contributed by atoms with Gasteiger partial charge in [-0.1, -0.05) is 0 Å². The van der Waals surface area contributed by atoms with Crippen molar-refractivity contribution in [3.05, 3.63) is 0 Å². The molecule has 7 heteroatoms. The SMILES string of the molecule is CNC(=NC1CC(C)(C)NC(C)(C)C1)N=C(N)N1CCOCC1. The van der Waals surface area contributed by atoms with E-state index in [1.165, 1.54) is 0 Å². The number of nitrogens with two attached hydrogens (primary N) is 1. The van der Waals surface area contributed by atoms with Crippen LogP contribution in [0.25, 0.3) is 0 Å². The van der Waals surface area contributed by atoms with Crippen LogP contribution >= 0.6 is 0 Å². The van der Waals surface area contributed by atoms with Crippen molar-refractivity contribution in [3.63, 3.8) is 0 Å². The molecule has 0 bridgehead atoms. The lowest BCUT2D eigenvalue weighted by molar-refractivity contribution is 0.0676. The van der Waals surface area contributed by atoms with Gasteiger partial charge in [-0.25, -0.2) is 4.99 Å². The molecule has 2 heterocycles. The summed E-state index contributed by atoms with van der Waals surface area (Å²) in [6.07, 6.45) is 1.96. The summed E-state index contributed by atoms with van der Waals surface area (Å²) in [6.45, 7) is 11.8. The molecule has 0 aromatic rings. The Hall–Kier alpha value is -1.34. The van der Waals surface area contributed by atoms with Crippen molar-refractivity contribution < 1.29 is 4.74 Å². The summed E-state index contributed by atoms with van der Waals surface area (Å²) in [5, 5.41) is 6.75. The lowest BCUT2D eigenvalue weighted by Gasteiger charge is -2.45. The normalized spacial score (nSPS) is 26.2. The number of ether oxygens (including phenoxy) is 1. The molecule has 23 heavy (non-hydrogen) atoms. The van der Waals surface area contributed by atoms with Gasteiger partial charge in [-0.05, 0) is 40.5 Å². The molecule has 4 N–H and O–H groups in total. The lowest BCUT2D eigenvalue weighted by Crippen LogP contribution is -2.59. The zero-order chi connectivity index (χ0) is 17.1. The number of guanidine groups is 2. The van der Waals surface area contributed by atoms with E-state index in [4.69, 9.17) is 15.5 Å². The van der Waals surface area contributed by atoms with Crippen LogP contribution in [0.1, 0.15) is 40.5 Å². The molecule has 2 rings (SSSR count). The predicted octanol–water partition coefficient (Wildman–Crippen LogP) is 0.518. The third-order valence-corrected chi connectivity index (χ3v) is 4.25. The summed E-state index contributed by atoms with van der Waals surface area (Å²) in [5.74, 6) is 1.11. The second-order valence-corrected chi connectivity index (χ2v) is 7.73. The zero-order valence-electron chi connectivity index (χ0n) is 15.1. The summed E-state index contributed by atoms with van der Waals surface area (Å²) < 4.78 is 5.34. The molecule has 0 aliphatic carbocycles. The maximum atomic E-state index is 6.12. The van der Waals surface area contributed by atoms with Crippen LogP contribution in [0.2, 0.25) is 0 Å². The highest BCUT2D eigenvalue weighted by molar-refractivity contribution is 5.94. The van der Waals surface area contributed by atoms with Gasteiger partial charge in [0, 0.05) is 31.2 Å². The molecule has 2 saturated heterocycles. The first kappa shape index (κ1) is 18.0. The highest BCUT2D eigenvalue weighted by Crippen LogP contribution is 2.30. The average molecular weight is 324 g/mol. The summed E-state index contributed by atoms with van der Waals surface area (Å²) in [7, 11) is 1.84. The van der Waals surface area contributed by atoms with Gasteiger partial charge in [-0.3, -0.25) is 0 Å². The Morgan fingerprint density at radius 1 is 1.17 bits per heavy atom. The standard InChI is InChI=1S/C16H32N6O/c1-15(2)10-12(11-16(3,4)21-15)19-14(18-5)20-13(17)22-6-8-23-9-7-22/h12,21H,6-11H2,1-5H3,(H3,17,18,19,20). The van der Waals surface area contributed by atoms with Gasteiger partial charge in [0.15, 0.2) is 5.96 Å². The smallest absolute Gasteiger partial charge is 0.221 e. The van der Waals surface area contributed by atoms with Gasteiger partial charge < -0.3 is 26.0 Å². The summed E-state index contributed by atoms with van der Waals surface area (Å²) in [6, 6.07) is 0.227. The van der Waals surface area contributed by atoms with Crippen molar-refractivity contribution in [1.82, 2.24) is 15.5 Å². The number of nitrogens with one attached hydrogen (secondary N) is 2. The fourth-order valence-corrected chi connectivity index (χ4v) is 3.65. The Kier molecular flexibility index (Phi) is 5.52. The number of morpholine rings is 1. The van der Waals surface area contributed by atoms with Gasteiger partial charge in [-0.15, -0.1) is 0 Å². The molecule has 0 spiro atoms. The molecule has 2 aliphatic heterocycles. The molecule has 0 saturated carbocycles. The van der Waals surface area contributed by atoms with Crippen LogP contribution in [0.3, 0.4) is 0 Å². The Morgan fingerprint density at radius 3 is 2.26 bits per heavy atom. The number of aliphatic imine (C=N–C) groups is 2. The van der Waals surface area contributed by atoms with Gasteiger partial charge >= 0.3 is 0 Å². The Balaban J connectivity index is 2.11. The van der Waals surface area contributed by atoms with E-state index in [1.807, 2.05) is 11.9 Å². The van der Waals surface area contributed by atoms with Crippen LogP contribution < -0.4 is 16.4 Å². The molecular formula is C16H32N6O. The van der Waals surface area contributed by atoms with Crippen molar-refractivity contribution in [1.29, 1.82) is 0 Å². The van der Waals surface area contributed by atoms with Crippen molar-refractivity contribution in [3.8, 4) is 0 Å². The number of piperidine rings is 1. The first-order valence-electron chi connectivity index (χ1n) is 8.42. The van der Waals surface area contributed by atoms with E-state index in [0.29, 0.717) is 25.1 Å². The highest BCUT2D eigenvalue weighted by atomic mass is 16.5. The number of hydrogen-bond acceptors (Lipinski definition) is 3. The van der Waals surface area contributed by atoms with Gasteiger partial charge in [0.25, 0.3) is 0 Å². The van der Waals surface area contributed by atoms with E-state index in [2.05, 4.69) is 43.3 Å². The topological polar surface area (TPSA) is 87.3 Å². The molecule has 0 amide bonds. The Bertz CT molecular complexity index is 449. The minimum Gasteiger partial charge on any atom is -0.378 e. The van der Waals surface area contributed by atoms with Gasteiger partial charge in [-0.2, -0.15) is 4.99 Å². The summed E-state index contributed by atoms with van der Waals surface area (Å²) in [4.78, 5) is 11.3.